The van der Waals surface area contributed by atoms with Crippen LogP contribution in [0.2, 0.25) is 0 Å². The topological polar surface area (TPSA) is 6.48 Å². The largest absolute Gasteiger partial charge is 0.416 e. The van der Waals surface area contributed by atoms with Crippen LogP contribution < -0.4 is 4.31 Å². The molecule has 152 valence electrons. The summed E-state index contributed by atoms with van der Waals surface area (Å²) in [4.78, 5) is 2.84. The second kappa shape index (κ2) is 7.95. The van der Waals surface area contributed by atoms with E-state index in [1.165, 1.54) is 30.1 Å². The Morgan fingerprint density at radius 2 is 1.79 bits per heavy atom. The normalized spacial score (nSPS) is 19.4. The number of fused-ring (bicyclic) bond motifs is 1. The van der Waals surface area contributed by atoms with Gasteiger partial charge in [0.05, 0.1) is 11.3 Å². The van der Waals surface area contributed by atoms with Gasteiger partial charge in [-0.2, -0.15) is 13.2 Å². The number of halogens is 4. The van der Waals surface area contributed by atoms with Crippen molar-refractivity contribution in [2.75, 3.05) is 31.5 Å². The van der Waals surface area contributed by atoms with Crippen LogP contribution in [-0.4, -0.2) is 32.1 Å². The predicted molar refractivity (Wildman–Crippen MR) is 106 cm³/mol. The van der Waals surface area contributed by atoms with E-state index in [9.17, 15) is 17.6 Å². The lowest BCUT2D eigenvalue weighted by Gasteiger charge is -2.30. The van der Waals surface area contributed by atoms with Crippen LogP contribution >= 0.6 is 11.9 Å². The lowest BCUT2D eigenvalue weighted by molar-refractivity contribution is -0.137. The fourth-order valence-electron chi connectivity index (χ4n) is 3.64. The zero-order valence-corrected chi connectivity index (χ0v) is 17.0. The molecule has 2 aromatic carbocycles. The number of nitrogens with zero attached hydrogens (tertiary/aromatic N) is 2. The fourth-order valence-corrected chi connectivity index (χ4v) is 4.72. The Balaban J connectivity index is 1.89. The SMILES string of the molecule is CCC1(CCN(C)C)CN(Sc2ccc(C(F)(F)F)cc2)c2ccc(F)cc21. The minimum Gasteiger partial charge on any atom is -0.311 e. The predicted octanol–water partition coefficient (Wildman–Crippen LogP) is 5.97. The van der Waals surface area contributed by atoms with Crippen LogP contribution in [0.15, 0.2) is 47.4 Å². The molecule has 0 amide bonds. The van der Waals surface area contributed by atoms with Crippen LogP contribution in [0.1, 0.15) is 30.9 Å². The molecule has 2 aromatic rings. The third-order valence-electron chi connectivity index (χ3n) is 5.36. The first kappa shape index (κ1) is 21.0. The standard InChI is InChI=1S/C21H24F4N2S/c1-4-20(11-12-26(2)3)14-27(19-10-7-16(22)13-18(19)20)28-17-8-5-15(6-9-17)21(23,24)25/h5-10,13H,4,11-12,14H2,1-3H3. The van der Waals surface area contributed by atoms with Gasteiger partial charge in [-0.25, -0.2) is 4.39 Å². The molecule has 1 aliphatic heterocycles. The van der Waals surface area contributed by atoms with E-state index >= 15 is 0 Å². The van der Waals surface area contributed by atoms with Gasteiger partial charge in [0, 0.05) is 16.9 Å². The maximum Gasteiger partial charge on any atom is 0.416 e. The molecule has 1 atom stereocenters. The molecular weight excluding hydrogens is 388 g/mol. The minimum absolute atomic E-state index is 0.180. The maximum atomic E-state index is 14.0. The number of alkyl halides is 3. The molecule has 3 rings (SSSR count). The van der Waals surface area contributed by atoms with Crippen LogP contribution in [-0.2, 0) is 11.6 Å². The van der Waals surface area contributed by atoms with E-state index in [0.29, 0.717) is 6.54 Å². The van der Waals surface area contributed by atoms with E-state index in [1.807, 2.05) is 14.1 Å². The quantitative estimate of drug-likeness (QED) is 0.426. The van der Waals surface area contributed by atoms with Crippen LogP contribution in [0, 0.1) is 5.82 Å². The van der Waals surface area contributed by atoms with Crippen LogP contribution in [0.3, 0.4) is 0 Å². The van der Waals surface area contributed by atoms with Gasteiger partial charge in [0.2, 0.25) is 0 Å². The van der Waals surface area contributed by atoms with Gasteiger partial charge in [-0.3, -0.25) is 0 Å². The molecule has 0 saturated carbocycles. The highest BCUT2D eigenvalue weighted by Crippen LogP contribution is 2.49. The molecule has 0 bridgehead atoms. The van der Waals surface area contributed by atoms with Gasteiger partial charge in [0.15, 0.2) is 0 Å². The van der Waals surface area contributed by atoms with Crippen molar-refractivity contribution in [3.63, 3.8) is 0 Å². The highest BCUT2D eigenvalue weighted by molar-refractivity contribution is 8.00. The third kappa shape index (κ3) is 4.30. The molecule has 0 N–H and O–H groups in total. The smallest absolute Gasteiger partial charge is 0.311 e. The van der Waals surface area contributed by atoms with Crippen molar-refractivity contribution in [1.29, 1.82) is 0 Å². The Labute approximate surface area is 167 Å². The summed E-state index contributed by atoms with van der Waals surface area (Å²) in [7, 11) is 4.03. The first-order valence-corrected chi connectivity index (χ1v) is 9.99. The Kier molecular flexibility index (Phi) is 5.96. The molecule has 0 aromatic heterocycles. The zero-order valence-electron chi connectivity index (χ0n) is 16.2. The summed E-state index contributed by atoms with van der Waals surface area (Å²) >= 11 is 1.40. The fraction of sp³-hybridized carbons (Fsp3) is 0.429. The molecule has 7 heteroatoms. The second-order valence-electron chi connectivity index (χ2n) is 7.50. The maximum absolute atomic E-state index is 14.0. The Morgan fingerprint density at radius 3 is 2.36 bits per heavy atom. The number of hydrogen-bond donors (Lipinski definition) is 0. The van der Waals surface area contributed by atoms with Crippen molar-refractivity contribution in [2.45, 2.75) is 36.3 Å². The monoisotopic (exact) mass is 412 g/mol. The van der Waals surface area contributed by atoms with Gasteiger partial charge in [0.25, 0.3) is 0 Å². The Morgan fingerprint density at radius 1 is 1.11 bits per heavy atom. The minimum atomic E-state index is -4.34. The lowest BCUT2D eigenvalue weighted by atomic mass is 9.77. The molecule has 0 radical (unpaired) electrons. The van der Waals surface area contributed by atoms with E-state index in [0.717, 1.165) is 47.7 Å². The van der Waals surface area contributed by atoms with Gasteiger partial charge in [-0.15, -0.1) is 0 Å². The van der Waals surface area contributed by atoms with E-state index in [4.69, 9.17) is 0 Å². The van der Waals surface area contributed by atoms with E-state index in [2.05, 4.69) is 16.1 Å². The van der Waals surface area contributed by atoms with E-state index in [-0.39, 0.29) is 11.2 Å². The molecule has 1 aliphatic rings. The van der Waals surface area contributed by atoms with Crippen molar-refractivity contribution in [1.82, 2.24) is 4.90 Å². The summed E-state index contributed by atoms with van der Waals surface area (Å²) in [5, 5.41) is 0. The summed E-state index contributed by atoms with van der Waals surface area (Å²) in [6, 6.07) is 10.0. The summed E-state index contributed by atoms with van der Waals surface area (Å²) in [5.41, 5.74) is 1.08. The summed E-state index contributed by atoms with van der Waals surface area (Å²) in [5.74, 6) is -0.261. The summed E-state index contributed by atoms with van der Waals surface area (Å²) in [6.45, 7) is 3.68. The Bertz CT molecular complexity index is 820. The van der Waals surface area contributed by atoms with Gasteiger partial charge in [-0.05, 0) is 93.5 Å². The third-order valence-corrected chi connectivity index (χ3v) is 6.39. The van der Waals surface area contributed by atoms with Crippen molar-refractivity contribution < 1.29 is 17.6 Å². The van der Waals surface area contributed by atoms with Crippen LogP contribution in [0.5, 0.6) is 0 Å². The molecule has 1 unspecified atom stereocenters. The van der Waals surface area contributed by atoms with Crippen molar-refractivity contribution >= 4 is 17.6 Å². The highest BCUT2D eigenvalue weighted by atomic mass is 32.2. The second-order valence-corrected chi connectivity index (χ2v) is 8.59. The Hall–Kier alpha value is -1.73. The summed E-state index contributed by atoms with van der Waals surface area (Å²) in [6.07, 6.45) is -2.59. The lowest BCUT2D eigenvalue weighted by Crippen LogP contribution is -2.34. The van der Waals surface area contributed by atoms with Gasteiger partial charge in [-0.1, -0.05) is 6.92 Å². The van der Waals surface area contributed by atoms with Gasteiger partial charge < -0.3 is 9.21 Å². The van der Waals surface area contributed by atoms with Crippen LogP contribution in [0.25, 0.3) is 0 Å². The summed E-state index contributed by atoms with van der Waals surface area (Å²) < 4.78 is 54.5. The molecule has 28 heavy (non-hydrogen) atoms. The molecule has 0 fully saturated rings. The van der Waals surface area contributed by atoms with Crippen molar-refractivity contribution in [3.8, 4) is 0 Å². The van der Waals surface area contributed by atoms with Gasteiger partial charge in [0.1, 0.15) is 5.82 Å². The van der Waals surface area contributed by atoms with Crippen LogP contribution in [0.4, 0.5) is 23.2 Å². The number of benzene rings is 2. The average molecular weight is 412 g/mol. The first-order chi connectivity index (χ1) is 13.1. The van der Waals surface area contributed by atoms with Crippen molar-refractivity contribution in [2.24, 2.45) is 0 Å². The van der Waals surface area contributed by atoms with Crippen molar-refractivity contribution in [3.05, 3.63) is 59.4 Å². The van der Waals surface area contributed by atoms with E-state index in [1.54, 1.807) is 12.1 Å². The number of rotatable bonds is 6. The number of anilines is 1. The molecule has 0 aliphatic carbocycles. The molecule has 2 nitrogen and oxygen atoms in total. The highest BCUT2D eigenvalue weighted by Gasteiger charge is 2.42. The molecule has 0 saturated heterocycles. The van der Waals surface area contributed by atoms with Gasteiger partial charge >= 0.3 is 6.18 Å². The first-order valence-electron chi connectivity index (χ1n) is 9.22. The molecule has 1 heterocycles. The molecule has 0 spiro atoms. The number of hydrogen-bond acceptors (Lipinski definition) is 3. The average Bonchev–Trinajstić information content (AvgIpc) is 2.93. The molecular formula is C21H24F4N2S. The van der Waals surface area contributed by atoms with E-state index < -0.39 is 11.7 Å². The zero-order chi connectivity index (χ0) is 20.5.